The van der Waals surface area contributed by atoms with E-state index in [4.69, 9.17) is 0 Å². The Labute approximate surface area is 165 Å². The van der Waals surface area contributed by atoms with Crippen LogP contribution in [0.3, 0.4) is 0 Å². The summed E-state index contributed by atoms with van der Waals surface area (Å²) >= 11 is 0. The quantitative estimate of drug-likeness (QED) is 0.845. The number of alkyl halides is 3. The van der Waals surface area contributed by atoms with Gasteiger partial charge in [-0.25, -0.2) is 0 Å². The third kappa shape index (κ3) is 3.61. The molecule has 6 nitrogen and oxygen atoms in total. The number of hydrogen-bond acceptors (Lipinski definition) is 3. The van der Waals surface area contributed by atoms with Crippen LogP contribution in [0.2, 0.25) is 0 Å². The molecular weight excluding hydrogens is 385 g/mol. The Bertz CT molecular complexity index is 932. The second kappa shape index (κ2) is 7.20. The molecule has 0 bridgehead atoms. The highest BCUT2D eigenvalue weighted by Crippen LogP contribution is 2.33. The molecule has 1 aliphatic carbocycles. The predicted octanol–water partition coefficient (Wildman–Crippen LogP) is 3.54. The molecule has 9 heteroatoms. The summed E-state index contributed by atoms with van der Waals surface area (Å²) in [6, 6.07) is 4.40. The highest BCUT2D eigenvalue weighted by molar-refractivity contribution is 6.06. The number of carbonyl (C=O) groups excluding carboxylic acids is 2. The number of amides is 2. The molecule has 29 heavy (non-hydrogen) atoms. The summed E-state index contributed by atoms with van der Waals surface area (Å²) in [6.07, 6.45) is -0.0339. The molecule has 4 rings (SSSR count). The van der Waals surface area contributed by atoms with Gasteiger partial charge >= 0.3 is 6.18 Å². The Morgan fingerprint density at radius 1 is 1.24 bits per heavy atom. The number of hydrogen-bond donors (Lipinski definition) is 1. The third-order valence-corrected chi connectivity index (χ3v) is 5.62. The van der Waals surface area contributed by atoms with E-state index in [2.05, 4.69) is 10.4 Å². The van der Waals surface area contributed by atoms with Crippen molar-refractivity contribution in [2.45, 2.75) is 44.9 Å². The molecule has 0 spiro atoms. The summed E-state index contributed by atoms with van der Waals surface area (Å²) in [5, 5.41) is 7.15. The minimum Gasteiger partial charge on any atom is -0.352 e. The van der Waals surface area contributed by atoms with Crippen molar-refractivity contribution < 1.29 is 22.8 Å². The highest BCUT2D eigenvalue weighted by atomic mass is 19.4. The van der Waals surface area contributed by atoms with E-state index in [1.54, 1.807) is 10.9 Å². The average Bonchev–Trinajstić information content (AvgIpc) is 3.06. The molecule has 1 aromatic carbocycles. The molecule has 2 aliphatic rings. The summed E-state index contributed by atoms with van der Waals surface area (Å²) in [6.45, 7) is 2.38. The molecule has 2 amide bonds. The van der Waals surface area contributed by atoms with Crippen LogP contribution in [0.5, 0.6) is 0 Å². The first-order valence-corrected chi connectivity index (χ1v) is 9.59. The lowest BCUT2D eigenvalue weighted by atomic mass is 9.85. The van der Waals surface area contributed by atoms with Gasteiger partial charge in [0, 0.05) is 30.3 Å². The van der Waals surface area contributed by atoms with E-state index in [0.717, 1.165) is 31.4 Å². The zero-order valence-electron chi connectivity index (χ0n) is 15.9. The van der Waals surface area contributed by atoms with Crippen LogP contribution in [0.1, 0.15) is 53.8 Å². The molecule has 1 atom stereocenters. The fourth-order valence-corrected chi connectivity index (χ4v) is 3.70. The highest BCUT2D eigenvalue weighted by Gasteiger charge is 2.35. The molecule has 154 valence electrons. The van der Waals surface area contributed by atoms with E-state index >= 15 is 0 Å². The number of rotatable bonds is 4. The van der Waals surface area contributed by atoms with Gasteiger partial charge in [0.05, 0.1) is 17.8 Å². The Morgan fingerprint density at radius 3 is 2.52 bits per heavy atom. The molecule has 1 N–H and O–H groups in total. The van der Waals surface area contributed by atoms with E-state index in [0.29, 0.717) is 23.5 Å². The van der Waals surface area contributed by atoms with Crippen molar-refractivity contribution in [1.82, 2.24) is 15.1 Å². The zero-order valence-corrected chi connectivity index (χ0v) is 15.9. The lowest BCUT2D eigenvalue weighted by molar-refractivity contribution is -0.137. The molecule has 0 saturated heterocycles. The monoisotopic (exact) mass is 406 g/mol. The first-order chi connectivity index (χ1) is 13.8. The average molecular weight is 406 g/mol. The van der Waals surface area contributed by atoms with Crippen molar-refractivity contribution in [3.8, 4) is 0 Å². The van der Waals surface area contributed by atoms with Crippen LogP contribution < -0.4 is 10.2 Å². The summed E-state index contributed by atoms with van der Waals surface area (Å²) in [4.78, 5) is 26.7. The molecule has 2 aromatic rings. The van der Waals surface area contributed by atoms with Crippen molar-refractivity contribution in [3.05, 3.63) is 47.3 Å². The Kier molecular flexibility index (Phi) is 4.84. The second-order valence-electron chi connectivity index (χ2n) is 7.62. The summed E-state index contributed by atoms with van der Waals surface area (Å²) in [5.41, 5.74) is 0.596. The minimum atomic E-state index is -4.43. The van der Waals surface area contributed by atoms with Gasteiger partial charge in [-0.3, -0.25) is 14.3 Å². The molecule has 1 aromatic heterocycles. The van der Waals surface area contributed by atoms with Crippen LogP contribution in [-0.2, 0) is 17.5 Å². The molecule has 1 fully saturated rings. The SMILES string of the molecule is C[C@H]1CN(c2ccc(C(F)(F)F)cc2)C(=O)c2c(CNC(=O)C3CCC3)cnn21. The number of anilines is 1. The van der Waals surface area contributed by atoms with Crippen LogP contribution in [0, 0.1) is 5.92 Å². The fraction of sp³-hybridized carbons (Fsp3) is 0.450. The number of fused-ring (bicyclic) bond motifs is 1. The van der Waals surface area contributed by atoms with E-state index in [1.807, 2.05) is 6.92 Å². The first kappa shape index (κ1) is 19.5. The zero-order chi connectivity index (χ0) is 20.8. The lowest BCUT2D eigenvalue weighted by Gasteiger charge is -2.32. The van der Waals surface area contributed by atoms with Gasteiger partial charge in [-0.15, -0.1) is 0 Å². The number of carbonyl (C=O) groups is 2. The number of halogens is 3. The van der Waals surface area contributed by atoms with Crippen molar-refractivity contribution in [2.75, 3.05) is 11.4 Å². The van der Waals surface area contributed by atoms with Crippen LogP contribution in [0.4, 0.5) is 18.9 Å². The normalized spacial score (nSPS) is 19.7. The van der Waals surface area contributed by atoms with E-state index in [9.17, 15) is 22.8 Å². The second-order valence-corrected chi connectivity index (χ2v) is 7.62. The van der Waals surface area contributed by atoms with E-state index in [-0.39, 0.29) is 30.3 Å². The topological polar surface area (TPSA) is 67.2 Å². The number of aromatic nitrogens is 2. The molecule has 1 aliphatic heterocycles. The molecule has 1 saturated carbocycles. The molecule has 2 heterocycles. The van der Waals surface area contributed by atoms with Gasteiger partial charge in [0.1, 0.15) is 5.69 Å². The van der Waals surface area contributed by atoms with Crippen molar-refractivity contribution in [1.29, 1.82) is 0 Å². The molecule has 0 radical (unpaired) electrons. The van der Waals surface area contributed by atoms with Gasteiger partial charge in [-0.2, -0.15) is 18.3 Å². The maximum Gasteiger partial charge on any atom is 0.416 e. The van der Waals surface area contributed by atoms with Gasteiger partial charge in [-0.05, 0) is 44.0 Å². The van der Waals surface area contributed by atoms with Gasteiger partial charge < -0.3 is 10.2 Å². The number of nitrogens with one attached hydrogen (secondary N) is 1. The third-order valence-electron chi connectivity index (χ3n) is 5.62. The fourth-order valence-electron chi connectivity index (χ4n) is 3.70. The van der Waals surface area contributed by atoms with E-state index in [1.165, 1.54) is 17.0 Å². The van der Waals surface area contributed by atoms with Crippen molar-refractivity contribution in [3.63, 3.8) is 0 Å². The smallest absolute Gasteiger partial charge is 0.352 e. The maximum absolute atomic E-state index is 13.1. The maximum atomic E-state index is 13.1. The van der Waals surface area contributed by atoms with Crippen LogP contribution >= 0.6 is 0 Å². The molecular formula is C20H21F3N4O2. The van der Waals surface area contributed by atoms with E-state index < -0.39 is 11.7 Å². The Balaban J connectivity index is 1.55. The van der Waals surface area contributed by atoms with Gasteiger partial charge in [0.15, 0.2) is 0 Å². The largest absolute Gasteiger partial charge is 0.416 e. The van der Waals surface area contributed by atoms with Crippen LogP contribution in [-0.4, -0.2) is 28.1 Å². The van der Waals surface area contributed by atoms with Crippen molar-refractivity contribution in [2.24, 2.45) is 5.92 Å². The van der Waals surface area contributed by atoms with Crippen LogP contribution in [0.15, 0.2) is 30.5 Å². The van der Waals surface area contributed by atoms with Gasteiger partial charge in [-0.1, -0.05) is 6.42 Å². The van der Waals surface area contributed by atoms with Gasteiger partial charge in [0.25, 0.3) is 5.91 Å². The number of benzene rings is 1. The minimum absolute atomic E-state index is 0.0212. The van der Waals surface area contributed by atoms with Gasteiger partial charge in [0.2, 0.25) is 5.91 Å². The van der Waals surface area contributed by atoms with Crippen LogP contribution in [0.25, 0.3) is 0 Å². The number of nitrogens with zero attached hydrogens (tertiary/aromatic N) is 3. The summed E-state index contributed by atoms with van der Waals surface area (Å²) < 4.78 is 40.1. The first-order valence-electron chi connectivity index (χ1n) is 9.59. The predicted molar refractivity (Wildman–Crippen MR) is 99.2 cm³/mol. The Morgan fingerprint density at radius 2 is 1.93 bits per heavy atom. The summed E-state index contributed by atoms with van der Waals surface area (Å²) in [7, 11) is 0. The Hall–Kier alpha value is -2.84. The lowest BCUT2D eigenvalue weighted by Crippen LogP contribution is -2.43. The standard InChI is InChI=1S/C20H21F3N4O2/c1-12-11-26(16-7-5-15(6-8-16)20(21,22)23)19(29)17-14(10-25-27(12)17)9-24-18(28)13-3-2-4-13/h5-8,10,12-13H,2-4,9,11H2,1H3,(H,24,28)/t12-/m0/s1. The van der Waals surface area contributed by atoms with Crippen molar-refractivity contribution >= 4 is 17.5 Å². The summed E-state index contributed by atoms with van der Waals surface area (Å²) in [5.74, 6) is -0.319. The molecule has 0 unspecified atom stereocenters.